The van der Waals surface area contributed by atoms with E-state index in [4.69, 9.17) is 4.74 Å². The van der Waals surface area contributed by atoms with Crippen LogP contribution in [0.15, 0.2) is 18.2 Å². The molecule has 7 heteroatoms. The topological polar surface area (TPSA) is 75.7 Å². The molecule has 0 unspecified atom stereocenters. The van der Waals surface area contributed by atoms with Gasteiger partial charge in [0.15, 0.2) is 0 Å². The summed E-state index contributed by atoms with van der Waals surface area (Å²) in [7, 11) is 0. The fourth-order valence-electron chi connectivity index (χ4n) is 2.01. The molecule has 1 aliphatic heterocycles. The number of nitrogens with zero attached hydrogens (tertiary/aromatic N) is 1. The van der Waals surface area contributed by atoms with Gasteiger partial charge < -0.3 is 15.0 Å². The van der Waals surface area contributed by atoms with E-state index in [1.807, 2.05) is 0 Å². The van der Waals surface area contributed by atoms with Crippen LogP contribution in [-0.4, -0.2) is 37.4 Å². The molecule has 1 aromatic carbocycles. The summed E-state index contributed by atoms with van der Waals surface area (Å²) in [5.41, 5.74) is 0.385. The molecule has 1 saturated heterocycles. The number of halogens is 1. The van der Waals surface area contributed by atoms with E-state index in [9.17, 15) is 18.8 Å². The monoisotopic (exact) mass is 294 g/mol. The van der Waals surface area contributed by atoms with Gasteiger partial charge in [0.2, 0.25) is 5.91 Å². The third kappa shape index (κ3) is 3.85. The Balaban J connectivity index is 2.12. The van der Waals surface area contributed by atoms with E-state index in [0.717, 1.165) is 6.07 Å². The van der Waals surface area contributed by atoms with Gasteiger partial charge in [-0.25, -0.2) is 4.39 Å². The van der Waals surface area contributed by atoms with E-state index in [2.05, 4.69) is 5.32 Å². The first-order valence-electron chi connectivity index (χ1n) is 6.44. The quantitative estimate of drug-likeness (QED) is 0.844. The number of rotatable bonds is 4. The molecule has 1 N–H and O–H groups in total. The molecule has 0 aliphatic carbocycles. The number of carbonyl (C=O) groups excluding carboxylic acids is 3. The van der Waals surface area contributed by atoms with Crippen molar-refractivity contribution in [2.75, 3.05) is 30.0 Å². The van der Waals surface area contributed by atoms with Crippen LogP contribution in [0.1, 0.15) is 13.3 Å². The highest BCUT2D eigenvalue weighted by Crippen LogP contribution is 2.24. The molecule has 1 heterocycles. The lowest BCUT2D eigenvalue weighted by atomic mass is 10.2. The second kappa shape index (κ2) is 6.45. The highest BCUT2D eigenvalue weighted by atomic mass is 19.1. The van der Waals surface area contributed by atoms with Crippen molar-refractivity contribution in [1.29, 1.82) is 0 Å². The van der Waals surface area contributed by atoms with Gasteiger partial charge in [0.25, 0.3) is 5.91 Å². The summed E-state index contributed by atoms with van der Waals surface area (Å²) in [5.74, 6) is -1.71. The van der Waals surface area contributed by atoms with Crippen molar-refractivity contribution in [3.05, 3.63) is 24.0 Å². The third-order valence-corrected chi connectivity index (χ3v) is 2.92. The maximum atomic E-state index is 14.1. The molecule has 1 aliphatic rings. The fourth-order valence-corrected chi connectivity index (χ4v) is 2.01. The normalized spacial score (nSPS) is 15.0. The zero-order valence-electron chi connectivity index (χ0n) is 11.5. The fraction of sp³-hybridized carbons (Fsp3) is 0.357. The van der Waals surface area contributed by atoms with Gasteiger partial charge in [0.05, 0.1) is 18.7 Å². The van der Waals surface area contributed by atoms with E-state index in [1.165, 1.54) is 24.0 Å². The number of ether oxygens (including phenoxy) is 1. The van der Waals surface area contributed by atoms with Crippen molar-refractivity contribution in [2.24, 2.45) is 0 Å². The molecule has 0 radical (unpaired) electrons. The Hall–Kier alpha value is -2.28. The summed E-state index contributed by atoms with van der Waals surface area (Å²) < 4.78 is 19.1. The summed E-state index contributed by atoms with van der Waals surface area (Å²) in [6.45, 7) is 1.86. The van der Waals surface area contributed by atoms with Crippen LogP contribution in [0.3, 0.4) is 0 Å². The van der Waals surface area contributed by atoms with Gasteiger partial charge in [-0.15, -0.1) is 0 Å². The molecule has 0 aromatic heterocycles. The van der Waals surface area contributed by atoms with Crippen LogP contribution in [0.4, 0.5) is 15.8 Å². The second-order valence-corrected chi connectivity index (χ2v) is 4.69. The number of hydrogen-bond donors (Lipinski definition) is 1. The van der Waals surface area contributed by atoms with Crippen LogP contribution < -0.4 is 10.2 Å². The molecule has 0 atom stereocenters. The maximum Gasteiger partial charge on any atom is 0.253 e. The lowest BCUT2D eigenvalue weighted by Gasteiger charge is -2.27. The van der Waals surface area contributed by atoms with E-state index in [1.54, 1.807) is 0 Å². The Kier molecular flexibility index (Phi) is 4.64. The SMILES string of the molecule is CC(=O)CC(=O)Nc1ccc(N2CCOCC2=O)c(F)c1. The van der Waals surface area contributed by atoms with Crippen LogP contribution in [0.2, 0.25) is 0 Å². The molecule has 0 bridgehead atoms. The molecule has 6 nitrogen and oxygen atoms in total. The number of benzene rings is 1. The lowest BCUT2D eigenvalue weighted by molar-refractivity contribution is -0.126. The van der Waals surface area contributed by atoms with Gasteiger partial charge in [-0.05, 0) is 25.1 Å². The number of amides is 2. The van der Waals surface area contributed by atoms with E-state index in [0.29, 0.717) is 6.61 Å². The summed E-state index contributed by atoms with van der Waals surface area (Å²) >= 11 is 0. The number of nitrogens with one attached hydrogen (secondary N) is 1. The highest BCUT2D eigenvalue weighted by molar-refractivity contribution is 6.03. The van der Waals surface area contributed by atoms with Crippen molar-refractivity contribution in [1.82, 2.24) is 0 Å². The first-order chi connectivity index (χ1) is 9.97. The van der Waals surface area contributed by atoms with Crippen LogP contribution in [0, 0.1) is 5.82 Å². The van der Waals surface area contributed by atoms with Crippen LogP contribution in [-0.2, 0) is 19.1 Å². The smallest absolute Gasteiger partial charge is 0.253 e. The van der Waals surface area contributed by atoms with E-state index in [-0.39, 0.29) is 42.6 Å². The van der Waals surface area contributed by atoms with Crippen molar-refractivity contribution < 1.29 is 23.5 Å². The van der Waals surface area contributed by atoms with Gasteiger partial charge in [-0.3, -0.25) is 14.4 Å². The predicted molar refractivity (Wildman–Crippen MR) is 73.5 cm³/mol. The zero-order valence-corrected chi connectivity index (χ0v) is 11.5. The summed E-state index contributed by atoms with van der Waals surface area (Å²) in [6, 6.07) is 4.03. The molecule has 0 saturated carbocycles. The number of hydrogen-bond acceptors (Lipinski definition) is 4. The maximum absolute atomic E-state index is 14.1. The van der Waals surface area contributed by atoms with E-state index >= 15 is 0 Å². The molecule has 21 heavy (non-hydrogen) atoms. The average molecular weight is 294 g/mol. The summed E-state index contributed by atoms with van der Waals surface area (Å²) in [6.07, 6.45) is -0.259. The number of Topliss-reactive ketones (excluding diaryl/α,β-unsaturated/α-hetero) is 1. The molecular formula is C14H15FN2O4. The Bertz CT molecular complexity index is 588. The van der Waals surface area contributed by atoms with Crippen molar-refractivity contribution in [3.8, 4) is 0 Å². The highest BCUT2D eigenvalue weighted by Gasteiger charge is 2.23. The minimum absolute atomic E-state index is 0.0729. The molecule has 112 valence electrons. The number of anilines is 2. The summed E-state index contributed by atoms with van der Waals surface area (Å²) in [4.78, 5) is 35.2. The van der Waals surface area contributed by atoms with Crippen LogP contribution in [0.25, 0.3) is 0 Å². The molecule has 2 amide bonds. The number of morpholine rings is 1. The average Bonchev–Trinajstić information content (AvgIpc) is 2.39. The van der Waals surface area contributed by atoms with Crippen molar-refractivity contribution in [2.45, 2.75) is 13.3 Å². The Labute approximate surface area is 120 Å². The second-order valence-electron chi connectivity index (χ2n) is 4.69. The molecule has 1 fully saturated rings. The first-order valence-corrected chi connectivity index (χ1v) is 6.44. The zero-order chi connectivity index (χ0) is 15.4. The number of ketones is 1. The standard InChI is InChI=1S/C14H15FN2O4/c1-9(18)6-13(19)16-10-2-3-12(11(15)7-10)17-4-5-21-8-14(17)20/h2-3,7H,4-6,8H2,1H3,(H,16,19). The van der Waals surface area contributed by atoms with Crippen LogP contribution >= 0.6 is 0 Å². The Morgan fingerprint density at radius 3 is 2.81 bits per heavy atom. The minimum atomic E-state index is -0.620. The Morgan fingerprint density at radius 1 is 1.43 bits per heavy atom. The van der Waals surface area contributed by atoms with Gasteiger partial charge in [-0.2, -0.15) is 0 Å². The molecular weight excluding hydrogens is 279 g/mol. The lowest BCUT2D eigenvalue weighted by Crippen LogP contribution is -2.42. The largest absolute Gasteiger partial charge is 0.370 e. The van der Waals surface area contributed by atoms with Crippen molar-refractivity contribution in [3.63, 3.8) is 0 Å². The van der Waals surface area contributed by atoms with Crippen LogP contribution in [0.5, 0.6) is 0 Å². The minimum Gasteiger partial charge on any atom is -0.370 e. The first kappa shape index (κ1) is 15.1. The van der Waals surface area contributed by atoms with Gasteiger partial charge in [0, 0.05) is 12.2 Å². The number of carbonyl (C=O) groups is 3. The summed E-state index contributed by atoms with van der Waals surface area (Å²) in [5, 5.41) is 2.43. The van der Waals surface area contributed by atoms with Gasteiger partial charge >= 0.3 is 0 Å². The van der Waals surface area contributed by atoms with Gasteiger partial charge in [-0.1, -0.05) is 0 Å². The third-order valence-electron chi connectivity index (χ3n) is 2.92. The molecule has 2 rings (SSSR count). The van der Waals surface area contributed by atoms with E-state index < -0.39 is 11.7 Å². The molecule has 1 aromatic rings. The predicted octanol–water partition coefficient (Wildman–Crippen LogP) is 1.11. The van der Waals surface area contributed by atoms with Gasteiger partial charge in [0.1, 0.15) is 18.2 Å². The molecule has 0 spiro atoms. The van der Waals surface area contributed by atoms with Crippen molar-refractivity contribution >= 4 is 29.0 Å². The Morgan fingerprint density at radius 2 is 2.19 bits per heavy atom.